The van der Waals surface area contributed by atoms with Gasteiger partial charge in [-0.25, -0.2) is 0 Å². The molecule has 4 rings (SSSR count). The van der Waals surface area contributed by atoms with E-state index < -0.39 is 0 Å². The van der Waals surface area contributed by atoms with Gasteiger partial charge in [0, 0.05) is 5.56 Å². The average Bonchev–Trinajstić information content (AvgIpc) is 3.15. The topological polar surface area (TPSA) is 76.3 Å². The third-order valence-electron chi connectivity index (χ3n) is 3.91. The zero-order chi connectivity index (χ0) is 16.7. The number of hydrogen-bond donors (Lipinski definition) is 0. The fourth-order valence-corrected chi connectivity index (χ4v) is 2.74. The number of hydrogen-bond acceptors (Lipinski definition) is 5. The predicted molar refractivity (Wildman–Crippen MR) is 85.1 cm³/mol. The van der Waals surface area contributed by atoms with E-state index in [-0.39, 0.29) is 18.4 Å². The SMILES string of the molecule is Cc1cccc(-c2nc(CN3C(=O)c4ccccc4C3=O)no2)c1. The van der Waals surface area contributed by atoms with Gasteiger partial charge in [-0.1, -0.05) is 35.0 Å². The van der Waals surface area contributed by atoms with Crippen molar-refractivity contribution in [3.05, 3.63) is 71.0 Å². The first-order valence-electron chi connectivity index (χ1n) is 7.48. The van der Waals surface area contributed by atoms with E-state index in [1.807, 2.05) is 31.2 Å². The third-order valence-corrected chi connectivity index (χ3v) is 3.91. The lowest BCUT2D eigenvalue weighted by Gasteiger charge is -2.10. The number of rotatable bonds is 3. The van der Waals surface area contributed by atoms with Crippen LogP contribution in [0.15, 0.2) is 53.1 Å². The van der Waals surface area contributed by atoms with Crippen LogP contribution in [0.25, 0.3) is 11.5 Å². The summed E-state index contributed by atoms with van der Waals surface area (Å²) in [7, 11) is 0. The molecule has 2 amide bonds. The minimum absolute atomic E-state index is 0.0122. The molecule has 0 aliphatic carbocycles. The Kier molecular flexibility index (Phi) is 3.23. The Morgan fingerprint density at radius 1 is 1.00 bits per heavy atom. The van der Waals surface area contributed by atoms with Crippen LogP contribution in [0.1, 0.15) is 32.1 Å². The smallest absolute Gasteiger partial charge is 0.261 e. The summed E-state index contributed by atoms with van der Waals surface area (Å²) in [5.74, 6) is -0.0127. The van der Waals surface area contributed by atoms with Crippen molar-refractivity contribution >= 4 is 11.8 Å². The molecule has 6 heteroatoms. The van der Waals surface area contributed by atoms with Gasteiger partial charge in [0.1, 0.15) is 0 Å². The van der Waals surface area contributed by atoms with Crippen molar-refractivity contribution in [2.75, 3.05) is 0 Å². The van der Waals surface area contributed by atoms with Gasteiger partial charge in [0.2, 0.25) is 0 Å². The average molecular weight is 319 g/mol. The Morgan fingerprint density at radius 3 is 2.38 bits per heavy atom. The molecule has 6 nitrogen and oxygen atoms in total. The molecule has 0 radical (unpaired) electrons. The van der Waals surface area contributed by atoms with Crippen LogP contribution < -0.4 is 0 Å². The predicted octanol–water partition coefficient (Wildman–Crippen LogP) is 2.84. The van der Waals surface area contributed by atoms with Crippen LogP contribution in [0.3, 0.4) is 0 Å². The highest BCUT2D eigenvalue weighted by Crippen LogP contribution is 2.24. The van der Waals surface area contributed by atoms with Crippen LogP contribution in [0, 0.1) is 6.92 Å². The van der Waals surface area contributed by atoms with Crippen molar-refractivity contribution < 1.29 is 14.1 Å². The standard InChI is InChI=1S/C18H13N3O3/c1-11-5-4-6-12(9-11)16-19-15(20-24-16)10-21-17(22)13-7-2-3-8-14(13)18(21)23/h2-9H,10H2,1H3. The van der Waals surface area contributed by atoms with Gasteiger partial charge in [0.25, 0.3) is 17.7 Å². The fraction of sp³-hybridized carbons (Fsp3) is 0.111. The molecular weight excluding hydrogens is 306 g/mol. The quantitative estimate of drug-likeness (QED) is 0.694. The van der Waals surface area contributed by atoms with E-state index in [1.54, 1.807) is 24.3 Å². The van der Waals surface area contributed by atoms with Crippen molar-refractivity contribution in [1.29, 1.82) is 0 Å². The van der Waals surface area contributed by atoms with Crippen molar-refractivity contribution in [2.24, 2.45) is 0 Å². The van der Waals surface area contributed by atoms with Crippen LogP contribution in [-0.4, -0.2) is 26.9 Å². The van der Waals surface area contributed by atoms with Crippen LogP contribution >= 0.6 is 0 Å². The first-order valence-corrected chi connectivity index (χ1v) is 7.48. The first kappa shape index (κ1) is 14.3. The van der Waals surface area contributed by atoms with Crippen LogP contribution in [-0.2, 0) is 6.54 Å². The Labute approximate surface area is 137 Å². The number of amides is 2. The summed E-state index contributed by atoms with van der Waals surface area (Å²) in [4.78, 5) is 30.1. The monoisotopic (exact) mass is 319 g/mol. The van der Waals surface area contributed by atoms with Gasteiger partial charge in [-0.15, -0.1) is 0 Å². The highest BCUT2D eigenvalue weighted by Gasteiger charge is 2.35. The van der Waals surface area contributed by atoms with E-state index >= 15 is 0 Å². The molecule has 1 aliphatic rings. The van der Waals surface area contributed by atoms with Crippen molar-refractivity contribution in [2.45, 2.75) is 13.5 Å². The van der Waals surface area contributed by atoms with Gasteiger partial charge in [-0.2, -0.15) is 4.98 Å². The molecule has 0 fully saturated rings. The molecule has 0 saturated carbocycles. The van der Waals surface area contributed by atoms with Gasteiger partial charge < -0.3 is 4.52 Å². The number of imide groups is 1. The minimum Gasteiger partial charge on any atom is -0.334 e. The van der Waals surface area contributed by atoms with Gasteiger partial charge in [0.15, 0.2) is 5.82 Å². The number of carbonyl (C=O) groups is 2. The Hall–Kier alpha value is -3.28. The molecule has 0 N–H and O–H groups in total. The second-order valence-corrected chi connectivity index (χ2v) is 5.63. The maximum absolute atomic E-state index is 12.4. The van der Waals surface area contributed by atoms with Gasteiger partial charge in [0.05, 0.1) is 17.7 Å². The molecular formula is C18H13N3O3. The van der Waals surface area contributed by atoms with E-state index in [2.05, 4.69) is 10.1 Å². The van der Waals surface area contributed by atoms with Crippen molar-refractivity contribution in [3.8, 4) is 11.5 Å². The summed E-state index contributed by atoms with van der Waals surface area (Å²) in [6.07, 6.45) is 0. The highest BCUT2D eigenvalue weighted by atomic mass is 16.5. The Bertz CT molecular complexity index is 926. The number of benzene rings is 2. The second kappa shape index (κ2) is 5.42. The van der Waals surface area contributed by atoms with E-state index in [0.717, 1.165) is 16.0 Å². The lowest BCUT2D eigenvalue weighted by Crippen LogP contribution is -2.29. The lowest BCUT2D eigenvalue weighted by atomic mass is 10.1. The molecule has 2 aromatic carbocycles. The van der Waals surface area contributed by atoms with Gasteiger partial charge >= 0.3 is 0 Å². The maximum atomic E-state index is 12.4. The summed E-state index contributed by atoms with van der Waals surface area (Å²) in [6.45, 7) is 1.96. The fourth-order valence-electron chi connectivity index (χ4n) is 2.74. The molecule has 1 aromatic heterocycles. The molecule has 118 valence electrons. The number of fused-ring (bicyclic) bond motifs is 1. The molecule has 2 heterocycles. The normalized spacial score (nSPS) is 13.5. The van der Waals surface area contributed by atoms with Crippen LogP contribution in [0.4, 0.5) is 0 Å². The Balaban J connectivity index is 1.59. The van der Waals surface area contributed by atoms with E-state index in [0.29, 0.717) is 22.8 Å². The van der Waals surface area contributed by atoms with E-state index in [9.17, 15) is 9.59 Å². The van der Waals surface area contributed by atoms with Crippen LogP contribution in [0.2, 0.25) is 0 Å². The maximum Gasteiger partial charge on any atom is 0.261 e. The van der Waals surface area contributed by atoms with E-state index in [1.165, 1.54) is 0 Å². The molecule has 0 saturated heterocycles. The summed E-state index contributed by atoms with van der Waals surface area (Å²) in [5.41, 5.74) is 2.69. The number of aromatic nitrogens is 2. The van der Waals surface area contributed by atoms with Crippen molar-refractivity contribution in [1.82, 2.24) is 15.0 Å². The van der Waals surface area contributed by atoms with Gasteiger partial charge in [-0.3, -0.25) is 14.5 Å². The molecule has 0 atom stereocenters. The minimum atomic E-state index is -0.336. The molecule has 0 bridgehead atoms. The number of carbonyl (C=O) groups excluding carboxylic acids is 2. The third kappa shape index (κ3) is 2.28. The summed E-state index contributed by atoms with van der Waals surface area (Å²) in [5, 5.41) is 3.89. The van der Waals surface area contributed by atoms with Gasteiger partial charge in [-0.05, 0) is 31.2 Å². The highest BCUT2D eigenvalue weighted by molar-refractivity contribution is 6.21. The largest absolute Gasteiger partial charge is 0.334 e. The summed E-state index contributed by atoms with van der Waals surface area (Å²) < 4.78 is 5.25. The summed E-state index contributed by atoms with van der Waals surface area (Å²) >= 11 is 0. The first-order chi connectivity index (χ1) is 11.6. The molecule has 0 unspecified atom stereocenters. The second-order valence-electron chi connectivity index (χ2n) is 5.63. The van der Waals surface area contributed by atoms with E-state index in [4.69, 9.17) is 4.52 Å². The number of aryl methyl sites for hydroxylation is 1. The Morgan fingerprint density at radius 2 is 1.71 bits per heavy atom. The summed E-state index contributed by atoms with van der Waals surface area (Å²) in [6, 6.07) is 14.4. The molecule has 24 heavy (non-hydrogen) atoms. The molecule has 0 spiro atoms. The lowest BCUT2D eigenvalue weighted by molar-refractivity contribution is 0.0637. The zero-order valence-corrected chi connectivity index (χ0v) is 12.9. The molecule has 3 aromatic rings. The zero-order valence-electron chi connectivity index (χ0n) is 12.9. The molecule has 1 aliphatic heterocycles. The number of nitrogens with zero attached hydrogens (tertiary/aromatic N) is 3. The van der Waals surface area contributed by atoms with Crippen molar-refractivity contribution in [3.63, 3.8) is 0 Å². The van der Waals surface area contributed by atoms with Crippen LogP contribution in [0.5, 0.6) is 0 Å².